The maximum Gasteiger partial charge on any atom is 0.220 e. The van der Waals surface area contributed by atoms with Gasteiger partial charge in [0.05, 0.1) is 28.5 Å². The number of halogens is 2. The Kier molecular flexibility index (Phi) is 9.79. The van der Waals surface area contributed by atoms with Crippen LogP contribution in [0.3, 0.4) is 0 Å². The normalized spacial score (nSPS) is 16.1. The van der Waals surface area contributed by atoms with Crippen LogP contribution in [0.15, 0.2) is 67.0 Å². The van der Waals surface area contributed by atoms with Crippen LogP contribution in [0.4, 0.5) is 0 Å². The minimum Gasteiger partial charge on any atom is -0.496 e. The highest BCUT2D eigenvalue weighted by Crippen LogP contribution is 2.42. The van der Waals surface area contributed by atoms with Gasteiger partial charge in [-0.25, -0.2) is 4.98 Å². The summed E-state index contributed by atoms with van der Waals surface area (Å²) in [6.45, 7) is 5.07. The summed E-state index contributed by atoms with van der Waals surface area (Å²) in [5.74, 6) is 0.942. The number of ether oxygens (including phenoxy) is 1. The van der Waals surface area contributed by atoms with Gasteiger partial charge in [0.2, 0.25) is 11.8 Å². The van der Waals surface area contributed by atoms with Crippen LogP contribution in [0.2, 0.25) is 10.0 Å². The Labute approximate surface area is 301 Å². The van der Waals surface area contributed by atoms with Crippen LogP contribution in [0.1, 0.15) is 30.9 Å². The van der Waals surface area contributed by atoms with Crippen LogP contribution in [0.25, 0.3) is 44.7 Å². The Balaban J connectivity index is 1.11. The van der Waals surface area contributed by atoms with E-state index in [1.54, 1.807) is 20.2 Å². The van der Waals surface area contributed by atoms with Gasteiger partial charge in [0.25, 0.3) is 0 Å². The highest BCUT2D eigenvalue weighted by Gasteiger charge is 2.28. The van der Waals surface area contributed by atoms with E-state index in [1.165, 1.54) is 0 Å². The van der Waals surface area contributed by atoms with Crippen molar-refractivity contribution >= 4 is 46.0 Å². The molecule has 2 aliphatic heterocycles. The fourth-order valence-corrected chi connectivity index (χ4v) is 7.43. The zero-order valence-electron chi connectivity index (χ0n) is 28.2. The summed E-state index contributed by atoms with van der Waals surface area (Å²) in [5.41, 5.74) is 7.56. The molecule has 3 N–H and O–H groups in total. The number of aromatic nitrogens is 3. The van der Waals surface area contributed by atoms with Crippen LogP contribution in [-0.4, -0.2) is 70.1 Å². The third kappa shape index (κ3) is 6.81. The van der Waals surface area contributed by atoms with Crippen molar-refractivity contribution < 1.29 is 14.3 Å². The molecule has 0 aliphatic carbocycles. The molecule has 12 heteroatoms. The van der Waals surface area contributed by atoms with Gasteiger partial charge in [-0.3, -0.25) is 14.6 Å². The number of fused-ring (bicyclic) bond motifs is 1. The van der Waals surface area contributed by atoms with Crippen molar-refractivity contribution in [1.29, 1.82) is 0 Å². The number of aryl methyl sites for hydroxylation is 1. The maximum absolute atomic E-state index is 11.5. The number of pyridine rings is 2. The number of nitrogens with one attached hydrogen (secondary N) is 3. The highest BCUT2D eigenvalue weighted by atomic mass is 35.5. The molecule has 258 valence electrons. The summed E-state index contributed by atoms with van der Waals surface area (Å²) in [4.78, 5) is 34.6. The van der Waals surface area contributed by atoms with Crippen molar-refractivity contribution in [1.82, 2.24) is 35.4 Å². The largest absolute Gasteiger partial charge is 0.496 e. The summed E-state index contributed by atoms with van der Waals surface area (Å²) in [6, 6.07) is 18.3. The zero-order valence-corrected chi connectivity index (χ0v) is 29.7. The second-order valence-electron chi connectivity index (χ2n) is 13.0. The van der Waals surface area contributed by atoms with E-state index in [2.05, 4.69) is 33.2 Å². The molecule has 50 heavy (non-hydrogen) atoms. The third-order valence-electron chi connectivity index (χ3n) is 9.62. The van der Waals surface area contributed by atoms with E-state index in [4.69, 9.17) is 32.9 Å². The summed E-state index contributed by atoms with van der Waals surface area (Å²) in [7, 11) is 3.64. The molecule has 2 aliphatic rings. The number of carbonyl (C=O) groups is 2. The predicted octanol–water partition coefficient (Wildman–Crippen LogP) is 5.97. The predicted molar refractivity (Wildman–Crippen MR) is 197 cm³/mol. The molecule has 0 spiro atoms. The highest BCUT2D eigenvalue weighted by molar-refractivity contribution is 6.39. The molecular weight excluding hydrogens is 673 g/mol. The lowest BCUT2D eigenvalue weighted by molar-refractivity contribution is -0.133. The molecule has 0 bridgehead atoms. The molecular formula is C38H39Cl2N7O3. The van der Waals surface area contributed by atoms with Crippen molar-refractivity contribution in [2.75, 3.05) is 26.7 Å². The van der Waals surface area contributed by atoms with E-state index in [0.29, 0.717) is 47.8 Å². The van der Waals surface area contributed by atoms with E-state index in [1.807, 2.05) is 65.0 Å². The van der Waals surface area contributed by atoms with Gasteiger partial charge in [-0.05, 0) is 36.2 Å². The van der Waals surface area contributed by atoms with E-state index in [0.717, 1.165) is 75.4 Å². The van der Waals surface area contributed by atoms with Gasteiger partial charge in [-0.1, -0.05) is 53.5 Å². The molecule has 1 atom stereocenters. The van der Waals surface area contributed by atoms with Gasteiger partial charge < -0.3 is 30.2 Å². The second kappa shape index (κ2) is 14.4. The molecule has 0 saturated carbocycles. The summed E-state index contributed by atoms with van der Waals surface area (Å²) < 4.78 is 7.78. The third-order valence-corrected chi connectivity index (χ3v) is 10.4. The smallest absolute Gasteiger partial charge is 0.220 e. The van der Waals surface area contributed by atoms with Crippen molar-refractivity contribution in [3.8, 4) is 39.4 Å². The van der Waals surface area contributed by atoms with Crippen LogP contribution in [0, 0.1) is 0 Å². The number of rotatable bonds is 11. The first-order chi connectivity index (χ1) is 24.2. The van der Waals surface area contributed by atoms with Crippen molar-refractivity contribution in [2.45, 2.75) is 44.9 Å². The Bertz CT molecular complexity index is 2090. The molecule has 2 aromatic carbocycles. The first-order valence-corrected chi connectivity index (χ1v) is 17.5. The van der Waals surface area contributed by atoms with E-state index in [9.17, 15) is 9.59 Å². The lowest BCUT2D eigenvalue weighted by Gasteiger charge is -2.39. The fraction of sp³-hybridized carbons (Fsp3) is 0.316. The van der Waals surface area contributed by atoms with Crippen LogP contribution >= 0.6 is 23.2 Å². The van der Waals surface area contributed by atoms with Gasteiger partial charge in [-0.2, -0.15) is 0 Å². The van der Waals surface area contributed by atoms with Crippen molar-refractivity contribution in [3.05, 3.63) is 88.2 Å². The number of methoxy groups -OCH3 is 1. The number of carbonyl (C=O) groups excluding carboxylic acids is 2. The number of hydrogen-bond donors (Lipinski definition) is 3. The molecule has 10 nitrogen and oxygen atoms in total. The number of likely N-dealkylation sites (tertiary alicyclic amines) is 1. The topological polar surface area (TPSA) is 113 Å². The van der Waals surface area contributed by atoms with Gasteiger partial charge in [0, 0.05) is 111 Å². The summed E-state index contributed by atoms with van der Waals surface area (Å²) in [6.07, 6.45) is 5.26. The molecule has 5 aromatic rings. The zero-order chi connectivity index (χ0) is 34.9. The van der Waals surface area contributed by atoms with Crippen LogP contribution in [-0.2, 0) is 29.7 Å². The Morgan fingerprint density at radius 1 is 1.02 bits per heavy atom. The minimum absolute atomic E-state index is 0.107. The molecule has 2 amide bonds. The number of amides is 2. The lowest BCUT2D eigenvalue weighted by Crippen LogP contribution is -2.59. The van der Waals surface area contributed by atoms with E-state index < -0.39 is 0 Å². The molecule has 0 radical (unpaired) electrons. The summed E-state index contributed by atoms with van der Waals surface area (Å²) >= 11 is 14.2. The molecule has 2 saturated heterocycles. The van der Waals surface area contributed by atoms with Gasteiger partial charge in [0.15, 0.2) is 0 Å². The Morgan fingerprint density at radius 2 is 1.82 bits per heavy atom. The minimum atomic E-state index is 0.107. The fourth-order valence-electron chi connectivity index (χ4n) is 6.78. The Morgan fingerprint density at radius 3 is 2.58 bits per heavy atom. The average molecular weight is 713 g/mol. The monoisotopic (exact) mass is 711 g/mol. The van der Waals surface area contributed by atoms with Gasteiger partial charge in [0.1, 0.15) is 11.4 Å². The number of hydrogen-bond acceptors (Lipinski definition) is 7. The lowest BCUT2D eigenvalue weighted by atomic mass is 9.99. The molecule has 5 heterocycles. The van der Waals surface area contributed by atoms with Crippen LogP contribution in [0.5, 0.6) is 5.75 Å². The first kappa shape index (κ1) is 34.0. The molecule has 2 fully saturated rings. The van der Waals surface area contributed by atoms with Crippen molar-refractivity contribution in [3.63, 3.8) is 0 Å². The molecule has 7 rings (SSSR count). The van der Waals surface area contributed by atoms with Crippen molar-refractivity contribution in [2.24, 2.45) is 7.05 Å². The van der Waals surface area contributed by atoms with Gasteiger partial charge >= 0.3 is 0 Å². The maximum atomic E-state index is 11.5. The first-order valence-electron chi connectivity index (χ1n) is 16.7. The second-order valence-corrected chi connectivity index (χ2v) is 13.7. The van der Waals surface area contributed by atoms with E-state index >= 15 is 0 Å². The Hall–Kier alpha value is -4.48. The molecule has 0 unspecified atom stereocenters. The van der Waals surface area contributed by atoms with Gasteiger partial charge in [-0.15, -0.1) is 0 Å². The quantitative estimate of drug-likeness (QED) is 0.155. The standard InChI is InChI=1S/C38H39Cl2N7O3/c1-22(48)47-20-27(21-47)43-17-25-19-46(2)38-28(25)10-11-32(45-38)31-6-4-5-29(35(31)39)30-13-14-42-37(36(30)40)23-7-8-24(33(15-23)50-3)16-41-18-26-9-12-34(49)44-26/h4-8,10-11,13-15,19,26-27,41,43H,9,12,16-18,20-21H2,1-3H3,(H,44,49)/t26-/m1/s1. The SMILES string of the molecule is COc1cc(-c2nccc(-c3cccc(-c4ccc5c(CNC6CN(C(C)=O)C6)cn(C)c5n4)c3Cl)c2Cl)ccc1CNC[C@H]1CCC(=O)N1. The van der Waals surface area contributed by atoms with E-state index in [-0.39, 0.29) is 17.9 Å². The summed E-state index contributed by atoms with van der Waals surface area (Å²) in [5, 5.41) is 12.1. The molecule has 3 aromatic heterocycles. The van der Waals surface area contributed by atoms with Crippen LogP contribution < -0.4 is 20.7 Å². The number of benzene rings is 2. The average Bonchev–Trinajstić information content (AvgIpc) is 3.65. The number of nitrogens with zero attached hydrogens (tertiary/aromatic N) is 4.